The van der Waals surface area contributed by atoms with E-state index in [0.717, 1.165) is 38.4 Å². The van der Waals surface area contributed by atoms with Crippen LogP contribution in [0.2, 0.25) is 0 Å². The minimum atomic E-state index is -0.117. The lowest BCUT2D eigenvalue weighted by atomic mass is 10.1. The predicted molar refractivity (Wildman–Crippen MR) is 113 cm³/mol. The van der Waals surface area contributed by atoms with Crippen molar-refractivity contribution < 1.29 is 9.53 Å². The Morgan fingerprint density at radius 2 is 2.07 bits per heavy atom. The van der Waals surface area contributed by atoms with E-state index in [1.807, 2.05) is 43.4 Å². The number of nitrogens with zero attached hydrogens (tertiary/aromatic N) is 4. The molecule has 1 amide bonds. The van der Waals surface area contributed by atoms with E-state index < -0.39 is 0 Å². The van der Waals surface area contributed by atoms with Crippen LogP contribution in [0.15, 0.2) is 29.4 Å². The quantitative estimate of drug-likeness (QED) is 0.498. The van der Waals surface area contributed by atoms with E-state index >= 15 is 0 Å². The molecule has 0 spiro atoms. The third-order valence-electron chi connectivity index (χ3n) is 4.44. The monoisotopic (exact) mass is 413 g/mol. The van der Waals surface area contributed by atoms with Crippen molar-refractivity contribution in [2.45, 2.75) is 25.9 Å². The molecule has 0 aliphatic rings. The van der Waals surface area contributed by atoms with Gasteiger partial charge >= 0.3 is 0 Å². The number of thiazole rings is 1. The summed E-state index contributed by atoms with van der Waals surface area (Å²) in [5.74, 6) is 0.903. The highest BCUT2D eigenvalue weighted by Gasteiger charge is 2.15. The van der Waals surface area contributed by atoms with Gasteiger partial charge in [0, 0.05) is 10.3 Å². The van der Waals surface area contributed by atoms with Gasteiger partial charge in [0.1, 0.15) is 5.75 Å². The van der Waals surface area contributed by atoms with E-state index in [9.17, 15) is 4.79 Å². The number of pyridine rings is 1. The molecule has 0 saturated heterocycles. The van der Waals surface area contributed by atoms with Gasteiger partial charge in [-0.15, -0.1) is 21.5 Å². The molecule has 144 valence electrons. The predicted octanol–water partition coefficient (Wildman–Crippen LogP) is 4.00. The Hall–Kier alpha value is -2.65. The first-order valence-corrected chi connectivity index (χ1v) is 10.5. The van der Waals surface area contributed by atoms with E-state index in [1.54, 1.807) is 7.11 Å². The lowest BCUT2D eigenvalue weighted by molar-refractivity contribution is -0.113. The molecule has 0 bridgehead atoms. The van der Waals surface area contributed by atoms with E-state index in [4.69, 9.17) is 4.74 Å². The summed E-state index contributed by atoms with van der Waals surface area (Å²) >= 11 is 2.83. The third kappa shape index (κ3) is 3.43. The molecule has 0 atom stereocenters. The van der Waals surface area contributed by atoms with Crippen LogP contribution >= 0.6 is 23.1 Å². The summed E-state index contributed by atoms with van der Waals surface area (Å²) < 4.78 is 7.31. The van der Waals surface area contributed by atoms with E-state index in [-0.39, 0.29) is 11.7 Å². The zero-order chi connectivity index (χ0) is 19.8. The SMILES string of the molecule is COc1ccc2c(c1)cc(C)c1nnc(SCC(=O)Nc3nc(C)c(C)s3)n12. The van der Waals surface area contributed by atoms with Gasteiger partial charge in [0.05, 0.1) is 24.1 Å². The molecule has 0 aliphatic carbocycles. The topological polar surface area (TPSA) is 81.4 Å². The van der Waals surface area contributed by atoms with Crippen molar-refractivity contribution in [3.05, 3.63) is 40.4 Å². The van der Waals surface area contributed by atoms with Gasteiger partial charge in [-0.25, -0.2) is 4.98 Å². The zero-order valence-corrected chi connectivity index (χ0v) is 17.6. The standard InChI is InChI=1S/C19H19N5O2S2/c1-10-7-13-8-14(26-4)5-6-15(13)24-17(10)22-23-19(24)27-9-16(25)21-18-20-11(2)12(3)28-18/h5-8H,9H2,1-4H3,(H,20,21,25). The molecule has 4 aromatic rings. The fourth-order valence-corrected chi connectivity index (χ4v) is 4.50. The minimum absolute atomic E-state index is 0.117. The largest absolute Gasteiger partial charge is 0.497 e. The van der Waals surface area contributed by atoms with E-state index in [0.29, 0.717) is 10.3 Å². The smallest absolute Gasteiger partial charge is 0.236 e. The summed E-state index contributed by atoms with van der Waals surface area (Å²) in [6, 6.07) is 7.94. The van der Waals surface area contributed by atoms with Crippen LogP contribution in [0.4, 0.5) is 5.13 Å². The number of hydrogen-bond donors (Lipinski definition) is 1. The summed E-state index contributed by atoms with van der Waals surface area (Å²) in [6.45, 7) is 5.92. The Bertz CT molecular complexity index is 1180. The zero-order valence-electron chi connectivity index (χ0n) is 15.9. The molecule has 0 unspecified atom stereocenters. The molecule has 3 aromatic heterocycles. The third-order valence-corrected chi connectivity index (χ3v) is 6.36. The molecule has 0 aliphatic heterocycles. The van der Waals surface area contributed by atoms with Crippen molar-refractivity contribution in [2.24, 2.45) is 0 Å². The maximum Gasteiger partial charge on any atom is 0.236 e. The molecule has 0 fully saturated rings. The number of amides is 1. The molecular formula is C19H19N5O2S2. The highest BCUT2D eigenvalue weighted by molar-refractivity contribution is 7.99. The molecule has 4 rings (SSSR count). The second-order valence-corrected chi connectivity index (χ2v) is 8.54. The summed E-state index contributed by atoms with van der Waals surface area (Å²) in [7, 11) is 1.65. The lowest BCUT2D eigenvalue weighted by Crippen LogP contribution is -2.14. The number of carbonyl (C=O) groups is 1. The Morgan fingerprint density at radius 3 is 2.79 bits per heavy atom. The number of aryl methyl sites for hydroxylation is 3. The van der Waals surface area contributed by atoms with Crippen molar-refractivity contribution in [1.29, 1.82) is 0 Å². The van der Waals surface area contributed by atoms with Crippen molar-refractivity contribution in [3.8, 4) is 5.75 Å². The van der Waals surface area contributed by atoms with Crippen LogP contribution < -0.4 is 10.1 Å². The first-order valence-electron chi connectivity index (χ1n) is 8.65. The second kappa shape index (κ2) is 7.40. The van der Waals surface area contributed by atoms with Crippen molar-refractivity contribution in [3.63, 3.8) is 0 Å². The molecule has 7 nitrogen and oxygen atoms in total. The number of thioether (sulfide) groups is 1. The van der Waals surface area contributed by atoms with E-state index in [2.05, 4.69) is 26.6 Å². The number of carbonyl (C=O) groups excluding carboxylic acids is 1. The number of fused-ring (bicyclic) bond motifs is 3. The van der Waals surface area contributed by atoms with Crippen LogP contribution in [0.5, 0.6) is 5.75 Å². The summed E-state index contributed by atoms with van der Waals surface area (Å²) in [5, 5.41) is 13.8. The van der Waals surface area contributed by atoms with Gasteiger partial charge in [0.15, 0.2) is 15.9 Å². The van der Waals surface area contributed by atoms with E-state index in [1.165, 1.54) is 23.1 Å². The minimum Gasteiger partial charge on any atom is -0.497 e. The van der Waals surface area contributed by atoms with Gasteiger partial charge in [-0.2, -0.15) is 0 Å². The fourth-order valence-electron chi connectivity index (χ4n) is 2.92. The summed E-state index contributed by atoms with van der Waals surface area (Å²) in [4.78, 5) is 17.8. The Kier molecular flexibility index (Phi) is 4.94. The normalized spacial score (nSPS) is 11.3. The average molecular weight is 414 g/mol. The van der Waals surface area contributed by atoms with Crippen LogP contribution in [-0.2, 0) is 4.79 Å². The van der Waals surface area contributed by atoms with Gasteiger partial charge in [0.2, 0.25) is 5.91 Å². The van der Waals surface area contributed by atoms with Crippen LogP contribution in [-0.4, -0.2) is 38.4 Å². The van der Waals surface area contributed by atoms with Crippen molar-refractivity contribution in [2.75, 3.05) is 18.2 Å². The van der Waals surface area contributed by atoms with Gasteiger partial charge < -0.3 is 10.1 Å². The maximum absolute atomic E-state index is 12.3. The van der Waals surface area contributed by atoms with Gasteiger partial charge in [0.25, 0.3) is 0 Å². The van der Waals surface area contributed by atoms with Gasteiger partial charge in [-0.05, 0) is 50.6 Å². The molecule has 1 aromatic carbocycles. The Balaban J connectivity index is 1.61. The fraction of sp³-hybridized carbons (Fsp3) is 0.263. The molecule has 1 N–H and O–H groups in total. The number of aromatic nitrogens is 4. The molecule has 0 radical (unpaired) electrons. The number of anilines is 1. The molecule has 28 heavy (non-hydrogen) atoms. The van der Waals surface area contributed by atoms with Gasteiger partial charge in [-0.3, -0.25) is 9.20 Å². The van der Waals surface area contributed by atoms with Crippen LogP contribution in [0.1, 0.15) is 16.1 Å². The maximum atomic E-state index is 12.3. The summed E-state index contributed by atoms with van der Waals surface area (Å²) in [5.41, 5.74) is 3.71. The Labute approximate surface area is 170 Å². The Morgan fingerprint density at radius 1 is 1.25 bits per heavy atom. The van der Waals surface area contributed by atoms with Crippen LogP contribution in [0.3, 0.4) is 0 Å². The summed E-state index contributed by atoms with van der Waals surface area (Å²) in [6.07, 6.45) is 0. The number of ether oxygens (including phenoxy) is 1. The van der Waals surface area contributed by atoms with Gasteiger partial charge in [-0.1, -0.05) is 11.8 Å². The molecule has 0 saturated carbocycles. The number of rotatable bonds is 5. The van der Waals surface area contributed by atoms with Crippen molar-refractivity contribution >= 4 is 50.7 Å². The highest BCUT2D eigenvalue weighted by Crippen LogP contribution is 2.28. The first kappa shape index (κ1) is 18.7. The number of nitrogens with one attached hydrogen (secondary N) is 1. The molecular weight excluding hydrogens is 394 g/mol. The second-order valence-electron chi connectivity index (χ2n) is 6.39. The van der Waals surface area contributed by atoms with Crippen molar-refractivity contribution in [1.82, 2.24) is 19.6 Å². The number of benzene rings is 1. The number of hydrogen-bond acceptors (Lipinski definition) is 7. The van der Waals surface area contributed by atoms with Crippen LogP contribution in [0.25, 0.3) is 16.6 Å². The average Bonchev–Trinajstić information content (AvgIpc) is 3.23. The highest BCUT2D eigenvalue weighted by atomic mass is 32.2. The lowest BCUT2D eigenvalue weighted by Gasteiger charge is -2.08. The number of methoxy groups -OCH3 is 1. The molecule has 9 heteroatoms. The molecule has 3 heterocycles. The first-order chi connectivity index (χ1) is 13.5. The van der Waals surface area contributed by atoms with Crippen LogP contribution in [0, 0.1) is 20.8 Å².